The lowest BCUT2D eigenvalue weighted by molar-refractivity contribution is -0.122. The Morgan fingerprint density at radius 2 is 2.00 bits per heavy atom. The van der Waals surface area contributed by atoms with Crippen molar-refractivity contribution in [3.63, 3.8) is 0 Å². The fourth-order valence-electron chi connectivity index (χ4n) is 3.88. The van der Waals surface area contributed by atoms with Crippen molar-refractivity contribution in [1.29, 1.82) is 0 Å². The number of nitrogens with one attached hydrogen (secondary N) is 1. The summed E-state index contributed by atoms with van der Waals surface area (Å²) in [4.78, 5) is 19.1. The molecular weight excluding hydrogens is 340 g/mol. The molecule has 1 amide bonds. The maximum atomic E-state index is 11.4. The molecule has 2 aliphatic heterocycles. The fourth-order valence-corrected chi connectivity index (χ4v) is 3.88. The molecule has 0 atom stereocenters. The molecule has 0 unspecified atom stereocenters. The van der Waals surface area contributed by atoms with Crippen LogP contribution in [0.2, 0.25) is 0 Å². The van der Waals surface area contributed by atoms with Gasteiger partial charge in [0.1, 0.15) is 0 Å². The summed E-state index contributed by atoms with van der Waals surface area (Å²) < 4.78 is 0. The normalized spacial score (nSPS) is 17.7. The van der Waals surface area contributed by atoms with Gasteiger partial charge in [0.25, 0.3) is 5.91 Å². The Labute approximate surface area is 159 Å². The second-order valence-corrected chi connectivity index (χ2v) is 7.36. The topological polar surface area (TPSA) is 61.8 Å². The van der Waals surface area contributed by atoms with E-state index in [1.54, 1.807) is 6.08 Å². The highest BCUT2D eigenvalue weighted by molar-refractivity contribution is 5.92. The average molecular weight is 364 g/mol. The van der Waals surface area contributed by atoms with E-state index in [0.717, 1.165) is 31.5 Å². The van der Waals surface area contributed by atoms with E-state index in [0.29, 0.717) is 23.8 Å². The number of likely N-dealkylation sites (tertiary alicyclic amines) is 1. The molecule has 2 heterocycles. The van der Waals surface area contributed by atoms with E-state index in [-0.39, 0.29) is 11.7 Å². The molecule has 4 rings (SSSR count). The van der Waals surface area contributed by atoms with Crippen molar-refractivity contribution < 1.29 is 14.7 Å². The number of aryl methyl sites for hydroxylation is 1. The molecule has 1 fully saturated rings. The first-order valence-corrected chi connectivity index (χ1v) is 9.39. The number of carbonyl (C=O) groups excluding carboxylic acids is 1. The van der Waals surface area contributed by atoms with E-state index in [4.69, 9.17) is 4.84 Å². The van der Waals surface area contributed by atoms with Crippen LogP contribution in [0.5, 0.6) is 11.5 Å². The number of phenols is 1. The predicted molar refractivity (Wildman–Crippen MR) is 104 cm³/mol. The maximum absolute atomic E-state index is 11.4. The monoisotopic (exact) mass is 364 g/mol. The minimum atomic E-state index is -0.342. The molecule has 2 N–H and O–H groups in total. The van der Waals surface area contributed by atoms with Gasteiger partial charge in [0.15, 0.2) is 5.75 Å². The maximum Gasteiger partial charge on any atom is 0.276 e. The Hall–Kier alpha value is -2.79. The summed E-state index contributed by atoms with van der Waals surface area (Å²) in [6, 6.07) is 12.6. The van der Waals surface area contributed by atoms with Crippen LogP contribution in [0.1, 0.15) is 41.0 Å². The number of fused-ring (bicyclic) bond motifs is 1. The Morgan fingerprint density at radius 1 is 1.19 bits per heavy atom. The van der Waals surface area contributed by atoms with Gasteiger partial charge in [0.2, 0.25) is 5.75 Å². The molecule has 0 radical (unpaired) electrons. The van der Waals surface area contributed by atoms with Crippen molar-refractivity contribution in [1.82, 2.24) is 10.4 Å². The standard InChI is InChI=1S/C22H24N2O3/c1-15-3-2-4-18(13-15)16-9-11-24(12-10-16)14-19-6-5-17-7-8-20(25)23-27-22(17)21(19)26/h2-8,13,16,26H,9-12,14H2,1H3,(H,23,25). The van der Waals surface area contributed by atoms with Gasteiger partial charge >= 0.3 is 0 Å². The Bertz CT molecular complexity index is 883. The molecule has 2 aliphatic rings. The second kappa shape index (κ2) is 7.45. The predicted octanol–water partition coefficient (Wildman–Crippen LogP) is 3.52. The summed E-state index contributed by atoms with van der Waals surface area (Å²) in [5, 5.41) is 10.6. The lowest BCUT2D eigenvalue weighted by Gasteiger charge is -2.32. The van der Waals surface area contributed by atoms with Gasteiger partial charge in [-0.1, -0.05) is 42.0 Å². The first kappa shape index (κ1) is 17.6. The lowest BCUT2D eigenvalue weighted by atomic mass is 9.88. The number of amides is 1. The summed E-state index contributed by atoms with van der Waals surface area (Å²) in [6.45, 7) is 4.79. The molecule has 27 heavy (non-hydrogen) atoms. The minimum Gasteiger partial charge on any atom is -0.504 e. The van der Waals surface area contributed by atoms with Gasteiger partial charge in [-0.3, -0.25) is 9.69 Å². The lowest BCUT2D eigenvalue weighted by Crippen LogP contribution is -2.32. The number of rotatable bonds is 3. The van der Waals surface area contributed by atoms with Gasteiger partial charge in [0, 0.05) is 23.7 Å². The summed E-state index contributed by atoms with van der Waals surface area (Å²) >= 11 is 0. The van der Waals surface area contributed by atoms with Crippen molar-refractivity contribution in [2.24, 2.45) is 0 Å². The highest BCUT2D eigenvalue weighted by atomic mass is 16.7. The van der Waals surface area contributed by atoms with Gasteiger partial charge in [0.05, 0.1) is 0 Å². The molecule has 2 aromatic rings. The van der Waals surface area contributed by atoms with Gasteiger partial charge in [-0.25, -0.2) is 0 Å². The smallest absolute Gasteiger partial charge is 0.276 e. The SMILES string of the molecule is Cc1cccc(C2CCN(Cc3ccc4c(c3O)ONC(=O)C=C4)CC2)c1. The number of hydrogen-bond donors (Lipinski definition) is 2. The van der Waals surface area contributed by atoms with Crippen LogP contribution in [0, 0.1) is 6.92 Å². The molecule has 2 aromatic carbocycles. The average Bonchev–Trinajstić information content (AvgIpc) is 2.87. The van der Waals surface area contributed by atoms with E-state index >= 15 is 0 Å². The summed E-state index contributed by atoms with van der Waals surface area (Å²) in [5.41, 5.74) is 6.54. The third-order valence-corrected chi connectivity index (χ3v) is 5.41. The number of nitrogens with zero attached hydrogens (tertiary/aromatic N) is 1. The molecule has 0 aromatic heterocycles. The van der Waals surface area contributed by atoms with E-state index < -0.39 is 0 Å². The van der Waals surface area contributed by atoms with Crippen molar-refractivity contribution in [3.8, 4) is 11.5 Å². The van der Waals surface area contributed by atoms with Crippen LogP contribution in [0.25, 0.3) is 6.08 Å². The molecular formula is C22H24N2O3. The molecule has 0 bridgehead atoms. The number of aromatic hydroxyl groups is 1. The van der Waals surface area contributed by atoms with Crippen LogP contribution < -0.4 is 10.3 Å². The minimum absolute atomic E-state index is 0.0974. The van der Waals surface area contributed by atoms with Gasteiger partial charge < -0.3 is 9.94 Å². The molecule has 140 valence electrons. The third-order valence-electron chi connectivity index (χ3n) is 5.41. The van der Waals surface area contributed by atoms with E-state index in [1.165, 1.54) is 17.2 Å². The zero-order valence-electron chi connectivity index (χ0n) is 15.4. The fraction of sp³-hybridized carbons (Fsp3) is 0.318. The van der Waals surface area contributed by atoms with Crippen molar-refractivity contribution in [2.75, 3.05) is 13.1 Å². The quantitative estimate of drug-likeness (QED) is 0.875. The number of hydrogen-bond acceptors (Lipinski definition) is 4. The van der Waals surface area contributed by atoms with Crippen LogP contribution in [0.4, 0.5) is 0 Å². The van der Waals surface area contributed by atoms with Crippen molar-refractivity contribution in [3.05, 3.63) is 64.7 Å². The van der Waals surface area contributed by atoms with Crippen LogP contribution in [-0.2, 0) is 11.3 Å². The molecule has 5 heteroatoms. The first-order chi connectivity index (χ1) is 13.1. The second-order valence-electron chi connectivity index (χ2n) is 7.36. The van der Waals surface area contributed by atoms with Gasteiger partial charge in [-0.05, 0) is 50.4 Å². The zero-order chi connectivity index (χ0) is 18.8. The zero-order valence-corrected chi connectivity index (χ0v) is 15.4. The Balaban J connectivity index is 1.43. The molecule has 0 saturated carbocycles. The van der Waals surface area contributed by atoms with E-state index in [1.807, 2.05) is 12.1 Å². The largest absolute Gasteiger partial charge is 0.504 e. The van der Waals surface area contributed by atoms with Crippen LogP contribution >= 0.6 is 0 Å². The van der Waals surface area contributed by atoms with Crippen LogP contribution in [0.3, 0.4) is 0 Å². The summed E-state index contributed by atoms with van der Waals surface area (Å²) in [6.07, 6.45) is 5.27. The molecule has 1 saturated heterocycles. The highest BCUT2D eigenvalue weighted by Crippen LogP contribution is 2.37. The number of hydroxylamine groups is 1. The summed E-state index contributed by atoms with van der Waals surface area (Å²) in [5.74, 6) is 0.667. The first-order valence-electron chi connectivity index (χ1n) is 9.39. The van der Waals surface area contributed by atoms with E-state index in [2.05, 4.69) is 41.6 Å². The van der Waals surface area contributed by atoms with Crippen molar-refractivity contribution in [2.45, 2.75) is 32.2 Å². The number of benzene rings is 2. The third kappa shape index (κ3) is 3.83. The van der Waals surface area contributed by atoms with Crippen molar-refractivity contribution >= 4 is 12.0 Å². The molecule has 0 aliphatic carbocycles. The molecule has 0 spiro atoms. The number of piperidine rings is 1. The Kier molecular flexibility index (Phi) is 4.86. The van der Waals surface area contributed by atoms with Crippen LogP contribution in [-0.4, -0.2) is 29.0 Å². The Morgan fingerprint density at radius 3 is 2.78 bits per heavy atom. The van der Waals surface area contributed by atoms with E-state index in [9.17, 15) is 9.90 Å². The number of phenolic OH excluding ortho intramolecular Hbond substituents is 1. The van der Waals surface area contributed by atoms with Gasteiger partial charge in [-0.15, -0.1) is 0 Å². The van der Waals surface area contributed by atoms with Gasteiger partial charge in [-0.2, -0.15) is 5.48 Å². The van der Waals surface area contributed by atoms with Crippen LogP contribution in [0.15, 0.2) is 42.5 Å². The highest BCUT2D eigenvalue weighted by Gasteiger charge is 2.23. The number of carbonyl (C=O) groups is 1. The molecule has 5 nitrogen and oxygen atoms in total. The summed E-state index contributed by atoms with van der Waals surface area (Å²) in [7, 11) is 0.